The van der Waals surface area contributed by atoms with Gasteiger partial charge in [-0.3, -0.25) is 0 Å². The average molecular weight is 249 g/mol. The van der Waals surface area contributed by atoms with E-state index in [0.717, 1.165) is 5.56 Å². The first-order valence-corrected chi connectivity index (χ1v) is 5.84. The Morgan fingerprint density at radius 3 is 2.67 bits per heavy atom. The molecule has 0 saturated carbocycles. The van der Waals surface area contributed by atoms with Crippen molar-refractivity contribution < 1.29 is 8.91 Å². The van der Waals surface area contributed by atoms with Gasteiger partial charge in [-0.25, -0.2) is 4.39 Å². The summed E-state index contributed by atoms with van der Waals surface area (Å²) in [7, 11) is 0. The second-order valence-electron chi connectivity index (χ2n) is 4.69. The number of aromatic nitrogens is 2. The first-order chi connectivity index (χ1) is 8.49. The minimum atomic E-state index is -0.284. The molecule has 2 aromatic rings. The molecule has 0 unspecified atom stereocenters. The molecule has 0 aliphatic carbocycles. The molecule has 0 aliphatic rings. The van der Waals surface area contributed by atoms with Crippen molar-refractivity contribution in [2.24, 2.45) is 11.7 Å². The van der Waals surface area contributed by atoms with Gasteiger partial charge in [-0.2, -0.15) is 4.98 Å². The summed E-state index contributed by atoms with van der Waals surface area (Å²) in [6.07, 6.45) is 0. The molecule has 1 heterocycles. The predicted octanol–water partition coefficient (Wildman–Crippen LogP) is 2.84. The lowest BCUT2D eigenvalue weighted by Crippen LogP contribution is -2.16. The fraction of sp³-hybridized carbons (Fsp3) is 0.385. The number of nitrogens with two attached hydrogens (primary N) is 1. The van der Waals surface area contributed by atoms with Crippen LogP contribution in [0.15, 0.2) is 22.7 Å². The van der Waals surface area contributed by atoms with Crippen LogP contribution in [0, 0.1) is 18.7 Å². The minimum Gasteiger partial charge on any atom is -0.337 e. The third-order valence-electron chi connectivity index (χ3n) is 2.86. The van der Waals surface area contributed by atoms with E-state index in [9.17, 15) is 4.39 Å². The monoisotopic (exact) mass is 249 g/mol. The highest BCUT2D eigenvalue weighted by molar-refractivity contribution is 5.55. The number of hydrogen-bond donors (Lipinski definition) is 1. The molecule has 18 heavy (non-hydrogen) atoms. The summed E-state index contributed by atoms with van der Waals surface area (Å²) in [4.78, 5) is 4.25. The van der Waals surface area contributed by atoms with Crippen LogP contribution in [0.4, 0.5) is 4.39 Å². The molecular weight excluding hydrogens is 233 g/mol. The first kappa shape index (κ1) is 12.7. The molecule has 0 bridgehead atoms. The highest BCUT2D eigenvalue weighted by atomic mass is 19.1. The summed E-state index contributed by atoms with van der Waals surface area (Å²) >= 11 is 0. The Kier molecular flexibility index (Phi) is 3.43. The van der Waals surface area contributed by atoms with Gasteiger partial charge in [0.25, 0.3) is 0 Å². The van der Waals surface area contributed by atoms with Crippen LogP contribution >= 0.6 is 0 Å². The van der Waals surface area contributed by atoms with E-state index in [-0.39, 0.29) is 17.8 Å². The molecule has 1 aromatic heterocycles. The van der Waals surface area contributed by atoms with Crippen molar-refractivity contribution in [3.05, 3.63) is 35.5 Å². The molecule has 0 radical (unpaired) electrons. The minimum absolute atomic E-state index is 0.216. The van der Waals surface area contributed by atoms with Crippen LogP contribution < -0.4 is 5.73 Å². The molecule has 0 aliphatic heterocycles. The normalized spacial score (nSPS) is 13.0. The Bertz CT molecular complexity index is 551. The summed E-state index contributed by atoms with van der Waals surface area (Å²) in [5, 5.41) is 3.87. The van der Waals surface area contributed by atoms with Crippen molar-refractivity contribution in [3.63, 3.8) is 0 Å². The van der Waals surface area contributed by atoms with Crippen molar-refractivity contribution >= 4 is 0 Å². The number of benzene rings is 1. The van der Waals surface area contributed by atoms with Gasteiger partial charge < -0.3 is 10.3 Å². The number of hydrogen-bond acceptors (Lipinski definition) is 4. The Morgan fingerprint density at radius 2 is 2.06 bits per heavy atom. The Morgan fingerprint density at radius 1 is 1.33 bits per heavy atom. The van der Waals surface area contributed by atoms with Crippen LogP contribution in [0.1, 0.15) is 31.3 Å². The SMILES string of the molecule is Cc1cc(-c2noc([C@H](N)C(C)C)n2)ccc1F. The molecule has 0 fully saturated rings. The van der Waals surface area contributed by atoms with Crippen molar-refractivity contribution in [3.8, 4) is 11.4 Å². The maximum Gasteiger partial charge on any atom is 0.244 e. The van der Waals surface area contributed by atoms with E-state index in [2.05, 4.69) is 10.1 Å². The van der Waals surface area contributed by atoms with E-state index in [1.807, 2.05) is 13.8 Å². The van der Waals surface area contributed by atoms with Crippen LogP contribution in [0.25, 0.3) is 11.4 Å². The quantitative estimate of drug-likeness (QED) is 0.908. The molecule has 1 aromatic carbocycles. The first-order valence-electron chi connectivity index (χ1n) is 5.84. The molecule has 1 atom stereocenters. The predicted molar refractivity (Wildman–Crippen MR) is 66.2 cm³/mol. The van der Waals surface area contributed by atoms with Crippen molar-refractivity contribution in [2.45, 2.75) is 26.8 Å². The number of aryl methyl sites for hydroxylation is 1. The highest BCUT2D eigenvalue weighted by Crippen LogP contribution is 2.22. The zero-order valence-corrected chi connectivity index (χ0v) is 10.6. The maximum atomic E-state index is 13.2. The van der Waals surface area contributed by atoms with Crippen molar-refractivity contribution in [1.82, 2.24) is 10.1 Å². The zero-order chi connectivity index (χ0) is 13.3. The molecule has 0 amide bonds. The van der Waals surface area contributed by atoms with Gasteiger partial charge in [-0.1, -0.05) is 19.0 Å². The summed E-state index contributed by atoms with van der Waals surface area (Å²) in [5.74, 6) is 0.806. The van der Waals surface area contributed by atoms with Crippen LogP contribution in [0.3, 0.4) is 0 Å². The standard InChI is InChI=1S/C13H16FN3O/c1-7(2)11(15)13-16-12(17-18-13)9-4-5-10(14)8(3)6-9/h4-7,11H,15H2,1-3H3/t11-/m1/s1. The van der Waals surface area contributed by atoms with E-state index in [4.69, 9.17) is 10.3 Å². The van der Waals surface area contributed by atoms with Gasteiger partial charge in [-0.15, -0.1) is 0 Å². The largest absolute Gasteiger partial charge is 0.337 e. The molecule has 2 N–H and O–H groups in total. The summed E-state index contributed by atoms with van der Waals surface area (Å²) in [5.41, 5.74) is 7.20. The molecule has 4 nitrogen and oxygen atoms in total. The van der Waals surface area contributed by atoms with Crippen molar-refractivity contribution in [2.75, 3.05) is 0 Å². The highest BCUT2D eigenvalue weighted by Gasteiger charge is 2.18. The van der Waals surface area contributed by atoms with Crippen LogP contribution in [0.2, 0.25) is 0 Å². The summed E-state index contributed by atoms with van der Waals surface area (Å²) in [6, 6.07) is 4.42. The van der Waals surface area contributed by atoms with Gasteiger partial charge in [0.1, 0.15) is 5.82 Å². The average Bonchev–Trinajstić information content (AvgIpc) is 2.81. The smallest absolute Gasteiger partial charge is 0.244 e. The van der Waals surface area contributed by atoms with Gasteiger partial charge in [-0.05, 0) is 36.6 Å². The molecular formula is C13H16FN3O. The van der Waals surface area contributed by atoms with Gasteiger partial charge in [0.05, 0.1) is 6.04 Å². The number of rotatable bonds is 3. The van der Waals surface area contributed by atoms with E-state index in [1.54, 1.807) is 19.1 Å². The molecule has 0 spiro atoms. The van der Waals surface area contributed by atoms with Crippen LogP contribution in [-0.2, 0) is 0 Å². The number of nitrogens with zero attached hydrogens (tertiary/aromatic N) is 2. The molecule has 96 valence electrons. The lowest BCUT2D eigenvalue weighted by molar-refractivity contribution is 0.325. The summed E-state index contributed by atoms with van der Waals surface area (Å²) < 4.78 is 18.3. The molecule has 5 heteroatoms. The zero-order valence-electron chi connectivity index (χ0n) is 10.6. The van der Waals surface area contributed by atoms with E-state index >= 15 is 0 Å². The van der Waals surface area contributed by atoms with Gasteiger partial charge >= 0.3 is 0 Å². The lowest BCUT2D eigenvalue weighted by Gasteiger charge is -2.09. The molecule has 0 saturated heterocycles. The Hall–Kier alpha value is -1.75. The van der Waals surface area contributed by atoms with E-state index < -0.39 is 0 Å². The lowest BCUT2D eigenvalue weighted by atomic mass is 10.1. The summed E-state index contributed by atoms with van der Waals surface area (Å²) in [6.45, 7) is 5.66. The Balaban J connectivity index is 2.32. The Labute approximate surface area is 105 Å². The van der Waals surface area contributed by atoms with Gasteiger partial charge in [0, 0.05) is 5.56 Å². The number of halogens is 1. The third-order valence-corrected chi connectivity index (χ3v) is 2.86. The maximum absolute atomic E-state index is 13.2. The van der Waals surface area contributed by atoms with Crippen LogP contribution in [-0.4, -0.2) is 10.1 Å². The van der Waals surface area contributed by atoms with Crippen LogP contribution in [0.5, 0.6) is 0 Å². The van der Waals surface area contributed by atoms with Gasteiger partial charge in [0.15, 0.2) is 0 Å². The third kappa shape index (κ3) is 2.41. The second-order valence-corrected chi connectivity index (χ2v) is 4.69. The fourth-order valence-corrected chi connectivity index (χ4v) is 1.56. The van der Waals surface area contributed by atoms with Gasteiger partial charge in [0.2, 0.25) is 11.7 Å². The topological polar surface area (TPSA) is 64.9 Å². The molecule has 2 rings (SSSR count). The fourth-order valence-electron chi connectivity index (χ4n) is 1.56. The van der Waals surface area contributed by atoms with E-state index in [1.165, 1.54) is 6.07 Å². The van der Waals surface area contributed by atoms with Crippen molar-refractivity contribution in [1.29, 1.82) is 0 Å². The van der Waals surface area contributed by atoms with E-state index in [0.29, 0.717) is 17.3 Å². The second kappa shape index (κ2) is 4.86.